The highest BCUT2D eigenvalue weighted by molar-refractivity contribution is 7.80. The SMILES string of the molecule is CCOC(=S)c1sc(-c2cccnc2)nc1C. The van der Waals surface area contributed by atoms with Crippen LogP contribution in [0.3, 0.4) is 0 Å². The fourth-order valence-corrected chi connectivity index (χ4v) is 2.74. The molecule has 0 unspecified atom stereocenters. The van der Waals surface area contributed by atoms with Gasteiger partial charge in [0.05, 0.1) is 12.3 Å². The van der Waals surface area contributed by atoms with Crippen LogP contribution in [0.25, 0.3) is 10.6 Å². The van der Waals surface area contributed by atoms with Gasteiger partial charge in [-0.05, 0) is 38.2 Å². The molecule has 0 N–H and O–H groups in total. The van der Waals surface area contributed by atoms with Crippen molar-refractivity contribution in [3.8, 4) is 10.6 Å². The Bertz CT molecular complexity index is 523. The molecule has 2 rings (SSSR count). The molecule has 17 heavy (non-hydrogen) atoms. The minimum absolute atomic E-state index is 0.526. The molecule has 3 nitrogen and oxygen atoms in total. The van der Waals surface area contributed by atoms with E-state index in [0.29, 0.717) is 11.7 Å². The third kappa shape index (κ3) is 2.68. The molecule has 0 atom stereocenters. The van der Waals surface area contributed by atoms with Crippen molar-refractivity contribution in [2.75, 3.05) is 6.61 Å². The molecule has 0 radical (unpaired) electrons. The average Bonchev–Trinajstić information content (AvgIpc) is 2.73. The lowest BCUT2D eigenvalue weighted by molar-refractivity contribution is 0.338. The Balaban J connectivity index is 2.34. The summed E-state index contributed by atoms with van der Waals surface area (Å²) in [5.74, 6) is 0. The van der Waals surface area contributed by atoms with Crippen LogP contribution in [0.1, 0.15) is 17.5 Å². The van der Waals surface area contributed by atoms with E-state index in [0.717, 1.165) is 21.1 Å². The van der Waals surface area contributed by atoms with Gasteiger partial charge >= 0.3 is 0 Å². The third-order valence-electron chi connectivity index (χ3n) is 2.17. The zero-order valence-electron chi connectivity index (χ0n) is 9.64. The van der Waals surface area contributed by atoms with Crippen molar-refractivity contribution in [1.82, 2.24) is 9.97 Å². The summed E-state index contributed by atoms with van der Waals surface area (Å²) in [6.07, 6.45) is 3.54. The zero-order valence-corrected chi connectivity index (χ0v) is 11.3. The molecule has 0 bridgehead atoms. The van der Waals surface area contributed by atoms with E-state index in [1.54, 1.807) is 23.7 Å². The van der Waals surface area contributed by atoms with Crippen molar-refractivity contribution >= 4 is 28.6 Å². The Kier molecular flexibility index (Phi) is 3.81. The molecule has 2 aromatic heterocycles. The predicted octanol–water partition coefficient (Wildman–Crippen LogP) is 3.23. The first-order chi connectivity index (χ1) is 8.22. The molecule has 2 aromatic rings. The van der Waals surface area contributed by atoms with Crippen LogP contribution in [0.5, 0.6) is 0 Å². The molecule has 0 saturated carbocycles. The molecular weight excluding hydrogens is 252 g/mol. The van der Waals surface area contributed by atoms with Crippen LogP contribution < -0.4 is 0 Å². The van der Waals surface area contributed by atoms with Crippen molar-refractivity contribution in [3.05, 3.63) is 35.1 Å². The first-order valence-electron chi connectivity index (χ1n) is 5.27. The van der Waals surface area contributed by atoms with Gasteiger partial charge in [0.1, 0.15) is 9.88 Å². The van der Waals surface area contributed by atoms with Gasteiger partial charge in [-0.2, -0.15) is 0 Å². The van der Waals surface area contributed by atoms with Crippen LogP contribution >= 0.6 is 23.6 Å². The van der Waals surface area contributed by atoms with E-state index in [1.165, 1.54) is 0 Å². The number of pyridine rings is 1. The van der Waals surface area contributed by atoms with E-state index in [9.17, 15) is 0 Å². The van der Waals surface area contributed by atoms with Crippen LogP contribution in [-0.2, 0) is 4.74 Å². The number of thiazole rings is 1. The first-order valence-corrected chi connectivity index (χ1v) is 6.49. The van der Waals surface area contributed by atoms with E-state index in [1.807, 2.05) is 26.0 Å². The number of aromatic nitrogens is 2. The zero-order chi connectivity index (χ0) is 12.3. The quantitative estimate of drug-likeness (QED) is 0.797. The van der Waals surface area contributed by atoms with Gasteiger partial charge in [0, 0.05) is 18.0 Å². The van der Waals surface area contributed by atoms with Crippen molar-refractivity contribution < 1.29 is 4.74 Å². The van der Waals surface area contributed by atoms with Gasteiger partial charge in [0.2, 0.25) is 5.05 Å². The van der Waals surface area contributed by atoms with Crippen LogP contribution in [-0.4, -0.2) is 21.6 Å². The minimum Gasteiger partial charge on any atom is -0.483 e. The smallest absolute Gasteiger partial charge is 0.203 e. The lowest BCUT2D eigenvalue weighted by Crippen LogP contribution is -2.02. The Morgan fingerprint density at radius 1 is 1.53 bits per heavy atom. The van der Waals surface area contributed by atoms with Crippen molar-refractivity contribution in [2.24, 2.45) is 0 Å². The second kappa shape index (κ2) is 5.33. The molecular formula is C12H12N2OS2. The van der Waals surface area contributed by atoms with Crippen LogP contribution in [0.4, 0.5) is 0 Å². The number of aryl methyl sites for hydroxylation is 1. The maximum Gasteiger partial charge on any atom is 0.203 e. The number of rotatable bonds is 3. The normalized spacial score (nSPS) is 10.2. The highest BCUT2D eigenvalue weighted by Crippen LogP contribution is 2.28. The van der Waals surface area contributed by atoms with Gasteiger partial charge in [-0.15, -0.1) is 11.3 Å². The molecule has 0 fully saturated rings. The summed E-state index contributed by atoms with van der Waals surface area (Å²) in [4.78, 5) is 9.51. The standard InChI is InChI=1S/C12H12N2OS2/c1-3-15-12(16)10-8(2)14-11(17-10)9-5-4-6-13-7-9/h4-7H,3H2,1-2H3. The maximum atomic E-state index is 5.34. The Labute approximate surface area is 110 Å². The molecule has 2 heterocycles. The predicted molar refractivity (Wildman–Crippen MR) is 73.4 cm³/mol. The summed E-state index contributed by atoms with van der Waals surface area (Å²) in [5.41, 5.74) is 1.92. The van der Waals surface area contributed by atoms with Gasteiger partial charge in [-0.1, -0.05) is 0 Å². The van der Waals surface area contributed by atoms with Crippen LogP contribution in [0, 0.1) is 6.92 Å². The topological polar surface area (TPSA) is 35.0 Å². The van der Waals surface area contributed by atoms with E-state index in [-0.39, 0.29) is 0 Å². The summed E-state index contributed by atoms with van der Waals surface area (Å²) >= 11 is 6.75. The number of nitrogens with zero attached hydrogens (tertiary/aromatic N) is 2. The number of thiocarbonyl (C=S) groups is 1. The largest absolute Gasteiger partial charge is 0.483 e. The molecule has 0 aliphatic carbocycles. The fourth-order valence-electron chi connectivity index (χ4n) is 1.40. The number of hydrogen-bond acceptors (Lipinski definition) is 5. The van der Waals surface area contributed by atoms with E-state index in [2.05, 4.69) is 9.97 Å². The Morgan fingerprint density at radius 2 is 2.35 bits per heavy atom. The van der Waals surface area contributed by atoms with Crippen LogP contribution in [0.2, 0.25) is 0 Å². The molecule has 0 aromatic carbocycles. The minimum atomic E-state index is 0.526. The highest BCUT2D eigenvalue weighted by Gasteiger charge is 2.13. The van der Waals surface area contributed by atoms with Crippen LogP contribution in [0.15, 0.2) is 24.5 Å². The molecule has 0 saturated heterocycles. The number of hydrogen-bond donors (Lipinski definition) is 0. The van der Waals surface area contributed by atoms with Gasteiger partial charge in [0.15, 0.2) is 0 Å². The van der Waals surface area contributed by atoms with Crippen molar-refractivity contribution in [3.63, 3.8) is 0 Å². The van der Waals surface area contributed by atoms with Gasteiger partial charge < -0.3 is 4.74 Å². The summed E-state index contributed by atoms with van der Waals surface area (Å²) in [7, 11) is 0. The lowest BCUT2D eigenvalue weighted by atomic mass is 10.3. The molecule has 5 heteroatoms. The average molecular weight is 264 g/mol. The highest BCUT2D eigenvalue weighted by atomic mass is 32.1. The maximum absolute atomic E-state index is 5.34. The van der Waals surface area contributed by atoms with Gasteiger partial charge in [-0.25, -0.2) is 4.98 Å². The third-order valence-corrected chi connectivity index (χ3v) is 3.82. The summed E-state index contributed by atoms with van der Waals surface area (Å²) in [6, 6.07) is 3.88. The van der Waals surface area contributed by atoms with Crippen molar-refractivity contribution in [2.45, 2.75) is 13.8 Å². The summed E-state index contributed by atoms with van der Waals surface area (Å²) in [6.45, 7) is 4.44. The lowest BCUT2D eigenvalue weighted by Gasteiger charge is -2.01. The monoisotopic (exact) mass is 264 g/mol. The van der Waals surface area contributed by atoms with E-state index >= 15 is 0 Å². The van der Waals surface area contributed by atoms with Gasteiger partial charge in [-0.3, -0.25) is 4.98 Å². The summed E-state index contributed by atoms with van der Waals surface area (Å²) in [5, 5.41) is 1.45. The first kappa shape index (κ1) is 12.1. The summed E-state index contributed by atoms with van der Waals surface area (Å²) < 4.78 is 5.34. The molecule has 88 valence electrons. The van der Waals surface area contributed by atoms with E-state index < -0.39 is 0 Å². The molecule has 0 aliphatic rings. The fraction of sp³-hybridized carbons (Fsp3) is 0.250. The Morgan fingerprint density at radius 3 is 3.00 bits per heavy atom. The second-order valence-corrected chi connectivity index (χ2v) is 4.77. The second-order valence-electron chi connectivity index (χ2n) is 3.40. The Hall–Kier alpha value is -1.33. The molecule has 0 spiro atoms. The van der Waals surface area contributed by atoms with Crippen molar-refractivity contribution in [1.29, 1.82) is 0 Å². The van der Waals surface area contributed by atoms with E-state index in [4.69, 9.17) is 17.0 Å². The van der Waals surface area contributed by atoms with Gasteiger partial charge in [0.25, 0.3) is 0 Å². The number of ether oxygens (including phenoxy) is 1. The molecule has 0 aliphatic heterocycles. The molecule has 0 amide bonds.